The topological polar surface area (TPSA) is 29.5 Å². The molecule has 116 valence electrons. The number of benzene rings is 1. The third-order valence-electron chi connectivity index (χ3n) is 4.22. The Morgan fingerprint density at radius 1 is 1.38 bits per heavy atom. The summed E-state index contributed by atoms with van der Waals surface area (Å²) in [6.07, 6.45) is 4.63. The third-order valence-corrected chi connectivity index (χ3v) is 4.97. The molecule has 0 bridgehead atoms. The largest absolute Gasteiger partial charge is 0.383 e. The van der Waals surface area contributed by atoms with Gasteiger partial charge in [-0.3, -0.25) is 9.69 Å². The zero-order valence-corrected chi connectivity index (χ0v) is 14.0. The lowest BCUT2D eigenvalue weighted by atomic mass is 10.1. The van der Waals surface area contributed by atoms with Crippen molar-refractivity contribution in [1.29, 1.82) is 0 Å². The van der Waals surface area contributed by atoms with Gasteiger partial charge >= 0.3 is 0 Å². The van der Waals surface area contributed by atoms with Crippen molar-refractivity contribution < 1.29 is 9.53 Å². The van der Waals surface area contributed by atoms with Crippen molar-refractivity contribution in [1.82, 2.24) is 4.90 Å². The average Bonchev–Trinajstić information content (AvgIpc) is 3.35. The maximum Gasteiger partial charge on any atom is 0.176 e. The van der Waals surface area contributed by atoms with Crippen LogP contribution < -0.4 is 0 Å². The predicted molar refractivity (Wildman–Crippen MR) is 88.2 cm³/mol. The summed E-state index contributed by atoms with van der Waals surface area (Å²) in [6, 6.07) is 8.37. The van der Waals surface area contributed by atoms with E-state index in [0.29, 0.717) is 19.2 Å². The summed E-state index contributed by atoms with van der Waals surface area (Å²) in [4.78, 5) is 15.9. The monoisotopic (exact) mass is 307 g/mol. The van der Waals surface area contributed by atoms with E-state index in [2.05, 4.69) is 11.8 Å². The van der Waals surface area contributed by atoms with Crippen LogP contribution in [0.2, 0.25) is 0 Å². The Hall–Kier alpha value is -0.840. The quantitative estimate of drug-likeness (QED) is 0.517. The van der Waals surface area contributed by atoms with Gasteiger partial charge in [-0.25, -0.2) is 0 Å². The summed E-state index contributed by atoms with van der Waals surface area (Å²) in [5, 5.41) is 0. The Kier molecular flexibility index (Phi) is 6.27. The van der Waals surface area contributed by atoms with E-state index in [9.17, 15) is 4.79 Å². The first-order valence-corrected chi connectivity index (χ1v) is 8.78. The van der Waals surface area contributed by atoms with Crippen molar-refractivity contribution in [2.24, 2.45) is 5.92 Å². The fourth-order valence-corrected chi connectivity index (χ4v) is 2.97. The van der Waals surface area contributed by atoms with Gasteiger partial charge in [0.2, 0.25) is 0 Å². The second-order valence-corrected chi connectivity index (χ2v) is 6.57. The zero-order valence-electron chi connectivity index (χ0n) is 13.2. The van der Waals surface area contributed by atoms with Crippen LogP contribution in [0.3, 0.4) is 0 Å². The Morgan fingerprint density at radius 2 is 2.05 bits per heavy atom. The third kappa shape index (κ3) is 4.83. The van der Waals surface area contributed by atoms with Gasteiger partial charge in [-0.05, 0) is 44.1 Å². The molecule has 0 aliphatic heterocycles. The molecule has 0 N–H and O–H groups in total. The first-order chi connectivity index (χ1) is 10.2. The first-order valence-electron chi connectivity index (χ1n) is 7.56. The van der Waals surface area contributed by atoms with E-state index in [1.54, 1.807) is 18.9 Å². The summed E-state index contributed by atoms with van der Waals surface area (Å²) in [5.41, 5.74) is 0.804. The van der Waals surface area contributed by atoms with Gasteiger partial charge in [0.05, 0.1) is 13.2 Å². The van der Waals surface area contributed by atoms with Crippen molar-refractivity contribution in [2.75, 3.05) is 33.1 Å². The Labute approximate surface area is 132 Å². The zero-order chi connectivity index (χ0) is 15.2. The molecule has 0 amide bonds. The molecule has 1 aromatic rings. The molecular formula is C17H25NO2S. The van der Waals surface area contributed by atoms with Crippen molar-refractivity contribution in [3.63, 3.8) is 0 Å². The smallest absolute Gasteiger partial charge is 0.176 e. The van der Waals surface area contributed by atoms with Crippen LogP contribution in [0.4, 0.5) is 0 Å². The first kappa shape index (κ1) is 16.5. The molecule has 2 rings (SSSR count). The maximum atomic E-state index is 12.5. The lowest BCUT2D eigenvalue weighted by molar-refractivity contribution is 0.0816. The molecule has 1 atom stereocenters. The van der Waals surface area contributed by atoms with Crippen LogP contribution in [-0.2, 0) is 4.74 Å². The second kappa shape index (κ2) is 7.97. The van der Waals surface area contributed by atoms with E-state index in [4.69, 9.17) is 4.74 Å². The van der Waals surface area contributed by atoms with E-state index in [1.165, 1.54) is 17.7 Å². The van der Waals surface area contributed by atoms with Crippen molar-refractivity contribution in [3.8, 4) is 0 Å². The van der Waals surface area contributed by atoms with Gasteiger partial charge in [0.15, 0.2) is 5.78 Å². The van der Waals surface area contributed by atoms with Crippen LogP contribution in [0.1, 0.15) is 30.1 Å². The molecule has 4 heteroatoms. The maximum absolute atomic E-state index is 12.5. The van der Waals surface area contributed by atoms with Crippen LogP contribution in [0.15, 0.2) is 29.2 Å². The number of hydrogen-bond acceptors (Lipinski definition) is 4. The second-order valence-electron chi connectivity index (χ2n) is 5.69. The van der Waals surface area contributed by atoms with E-state index in [0.717, 1.165) is 18.0 Å². The van der Waals surface area contributed by atoms with Crippen molar-refractivity contribution in [3.05, 3.63) is 29.8 Å². The van der Waals surface area contributed by atoms with Gasteiger partial charge in [0.25, 0.3) is 0 Å². The minimum atomic E-state index is 0.200. The number of Topliss-reactive ketones (excluding diaryl/α,β-unsaturated/α-hetero) is 1. The molecule has 1 aliphatic carbocycles. The number of nitrogens with zero attached hydrogens (tertiary/aromatic N) is 1. The molecule has 0 aromatic heterocycles. The Balaban J connectivity index is 1.98. The molecular weight excluding hydrogens is 282 g/mol. The summed E-state index contributed by atoms with van der Waals surface area (Å²) in [7, 11) is 1.71. The molecule has 1 unspecified atom stereocenters. The highest BCUT2D eigenvalue weighted by Gasteiger charge is 2.32. The minimum Gasteiger partial charge on any atom is -0.383 e. The molecule has 0 heterocycles. The van der Waals surface area contributed by atoms with Crippen LogP contribution in [0.5, 0.6) is 0 Å². The normalized spacial score (nSPS) is 16.2. The van der Waals surface area contributed by atoms with Gasteiger partial charge < -0.3 is 4.74 Å². The summed E-state index contributed by atoms with van der Waals surface area (Å²) in [6.45, 7) is 4.22. The fraction of sp³-hybridized carbons (Fsp3) is 0.588. The summed E-state index contributed by atoms with van der Waals surface area (Å²) in [5.74, 6) is 0.958. The van der Waals surface area contributed by atoms with Crippen LogP contribution >= 0.6 is 11.8 Å². The molecule has 1 fully saturated rings. The van der Waals surface area contributed by atoms with Gasteiger partial charge in [-0.15, -0.1) is 11.8 Å². The van der Waals surface area contributed by atoms with Crippen LogP contribution in [0.25, 0.3) is 0 Å². The highest BCUT2D eigenvalue weighted by Crippen LogP contribution is 2.35. The van der Waals surface area contributed by atoms with Gasteiger partial charge in [-0.1, -0.05) is 12.1 Å². The SMILES string of the molecule is COCCN(CC(=O)c1ccc(SC)cc1)C(C)C1CC1. The van der Waals surface area contributed by atoms with Crippen LogP contribution in [0, 0.1) is 5.92 Å². The van der Waals surface area contributed by atoms with Crippen molar-refractivity contribution >= 4 is 17.5 Å². The molecule has 1 aliphatic rings. The number of rotatable bonds is 9. The molecule has 1 saturated carbocycles. The molecule has 0 saturated heterocycles. The highest BCUT2D eigenvalue weighted by molar-refractivity contribution is 7.98. The van der Waals surface area contributed by atoms with Crippen LogP contribution in [-0.4, -0.2) is 49.8 Å². The standard InChI is InChI=1S/C17H25NO2S/c1-13(14-4-5-14)18(10-11-20-2)12-17(19)15-6-8-16(21-3)9-7-15/h6-9,13-14H,4-5,10-12H2,1-3H3. The average molecular weight is 307 g/mol. The Bertz CT molecular complexity index is 456. The molecule has 0 radical (unpaired) electrons. The lowest BCUT2D eigenvalue weighted by Gasteiger charge is -2.28. The number of ketones is 1. The van der Waals surface area contributed by atoms with E-state index >= 15 is 0 Å². The molecule has 3 nitrogen and oxygen atoms in total. The molecule has 0 spiro atoms. The number of methoxy groups -OCH3 is 1. The molecule has 21 heavy (non-hydrogen) atoms. The summed E-state index contributed by atoms with van der Waals surface area (Å²) < 4.78 is 5.18. The number of carbonyl (C=O) groups is 1. The highest BCUT2D eigenvalue weighted by atomic mass is 32.2. The minimum absolute atomic E-state index is 0.200. The number of carbonyl (C=O) groups excluding carboxylic acids is 1. The number of thioether (sulfide) groups is 1. The van der Waals surface area contributed by atoms with Gasteiger partial charge in [-0.2, -0.15) is 0 Å². The van der Waals surface area contributed by atoms with Gasteiger partial charge in [0, 0.05) is 30.2 Å². The Morgan fingerprint density at radius 3 is 2.57 bits per heavy atom. The number of hydrogen-bond donors (Lipinski definition) is 0. The van der Waals surface area contributed by atoms with E-state index in [1.807, 2.05) is 30.5 Å². The lowest BCUT2D eigenvalue weighted by Crippen LogP contribution is -2.40. The van der Waals surface area contributed by atoms with Crippen molar-refractivity contribution in [2.45, 2.75) is 30.7 Å². The van der Waals surface area contributed by atoms with E-state index in [-0.39, 0.29) is 5.78 Å². The summed E-state index contributed by atoms with van der Waals surface area (Å²) >= 11 is 1.69. The van der Waals surface area contributed by atoms with Gasteiger partial charge in [0.1, 0.15) is 0 Å². The fourth-order valence-electron chi connectivity index (χ4n) is 2.56. The predicted octanol–water partition coefficient (Wildman–Crippen LogP) is 3.34. The van der Waals surface area contributed by atoms with E-state index < -0.39 is 0 Å². The number of ether oxygens (including phenoxy) is 1. The molecule has 1 aromatic carbocycles.